The van der Waals surface area contributed by atoms with E-state index in [9.17, 15) is 0 Å². The van der Waals surface area contributed by atoms with Crippen LogP contribution >= 0.6 is 39.7 Å². The zero-order valence-corrected chi connectivity index (χ0v) is 8.66. The second-order valence-corrected chi connectivity index (χ2v) is 3.76. The SMILES string of the molecule is O.O.O.OP(O)S.OP(O)S. The molecule has 0 bridgehead atoms. The summed E-state index contributed by atoms with van der Waals surface area (Å²) in [5.41, 5.74) is 0. The normalized spacial score (nSPS) is 6.55. The minimum absolute atomic E-state index is 0. The highest BCUT2D eigenvalue weighted by atomic mass is 32.7. The Morgan fingerprint density at radius 2 is 0.636 bits per heavy atom. The maximum Gasteiger partial charge on any atom is 0.229 e. The number of rotatable bonds is 0. The van der Waals surface area contributed by atoms with E-state index in [-0.39, 0.29) is 16.4 Å². The first-order chi connectivity index (χ1) is 3.46. The Bertz CT molecular complexity index is 29.9. The molecule has 0 aliphatic heterocycles. The lowest BCUT2D eigenvalue weighted by atomic mass is 15.9. The summed E-state index contributed by atoms with van der Waals surface area (Å²) in [6, 6.07) is 0. The smallest absolute Gasteiger partial charge is 0.229 e. The van der Waals surface area contributed by atoms with E-state index < -0.39 is 15.2 Å². The molecule has 0 spiro atoms. The lowest BCUT2D eigenvalue weighted by Gasteiger charge is -1.77. The van der Waals surface area contributed by atoms with E-state index in [0.717, 1.165) is 0 Å². The second-order valence-electron chi connectivity index (χ2n) is 0.537. The highest BCUT2D eigenvalue weighted by Gasteiger charge is 1.74. The largest absolute Gasteiger partial charge is 0.412 e. The summed E-state index contributed by atoms with van der Waals surface area (Å²) in [6.07, 6.45) is 0. The van der Waals surface area contributed by atoms with Crippen molar-refractivity contribution in [2.45, 2.75) is 0 Å². The van der Waals surface area contributed by atoms with E-state index >= 15 is 0 Å². The maximum atomic E-state index is 7.54. The molecule has 76 valence electrons. The van der Waals surface area contributed by atoms with Crippen LogP contribution in [-0.2, 0) is 0 Å². The van der Waals surface area contributed by atoms with Gasteiger partial charge >= 0.3 is 0 Å². The molecule has 11 heavy (non-hydrogen) atoms. The Kier molecular flexibility index (Phi) is 60.3. The molecule has 0 fully saturated rings. The van der Waals surface area contributed by atoms with Gasteiger partial charge in [0.05, 0.1) is 0 Å². The Hall–Kier alpha value is 1.28. The molecular formula is H12O7P2S2. The number of hydrogen-bond donors (Lipinski definition) is 6. The molecule has 0 heterocycles. The number of hydrogen-bond acceptors (Lipinski definition) is 6. The van der Waals surface area contributed by atoms with E-state index in [1.807, 2.05) is 0 Å². The van der Waals surface area contributed by atoms with Gasteiger partial charge < -0.3 is 36.0 Å². The fourth-order valence-electron chi connectivity index (χ4n) is 0. The van der Waals surface area contributed by atoms with Crippen molar-refractivity contribution in [3.05, 3.63) is 0 Å². The standard InChI is InChI=1S/2H3O2PS.3H2O/c2*1-3(2)4;;;/h2*1-2,4H;3*1H2. The van der Waals surface area contributed by atoms with Crippen LogP contribution < -0.4 is 0 Å². The Labute approximate surface area is 76.2 Å². The summed E-state index contributed by atoms with van der Waals surface area (Å²) in [4.78, 5) is 30.2. The highest BCUT2D eigenvalue weighted by Crippen LogP contribution is 2.27. The molecule has 10 N–H and O–H groups in total. The zero-order chi connectivity index (χ0) is 7.15. The molecule has 0 aromatic rings. The molecule has 0 saturated heterocycles. The third-order valence-corrected chi connectivity index (χ3v) is 0. The van der Waals surface area contributed by atoms with E-state index in [1.54, 1.807) is 0 Å². The molecule has 7 nitrogen and oxygen atoms in total. The van der Waals surface area contributed by atoms with Crippen LogP contribution in [0.25, 0.3) is 0 Å². The first-order valence-corrected chi connectivity index (χ1v) is 6.00. The molecule has 0 radical (unpaired) electrons. The third-order valence-electron chi connectivity index (χ3n) is 0. The summed E-state index contributed by atoms with van der Waals surface area (Å²) in [6.45, 7) is 0. The predicted molar refractivity (Wildman–Crippen MR) is 51.5 cm³/mol. The minimum atomic E-state index is -1.93. The van der Waals surface area contributed by atoms with Gasteiger partial charge in [-0.2, -0.15) is 0 Å². The molecule has 0 aliphatic rings. The van der Waals surface area contributed by atoms with Crippen molar-refractivity contribution in [1.29, 1.82) is 0 Å². The Morgan fingerprint density at radius 3 is 0.636 bits per heavy atom. The molecule has 0 aromatic heterocycles. The quantitative estimate of drug-likeness (QED) is 0.211. The molecule has 0 atom stereocenters. The van der Waals surface area contributed by atoms with Crippen molar-refractivity contribution < 1.29 is 36.0 Å². The predicted octanol–water partition coefficient (Wildman–Crippen LogP) is -2.22. The Morgan fingerprint density at radius 1 is 0.636 bits per heavy atom. The van der Waals surface area contributed by atoms with Crippen molar-refractivity contribution in [3.63, 3.8) is 0 Å². The topological polar surface area (TPSA) is 175 Å². The van der Waals surface area contributed by atoms with Gasteiger partial charge in [-0.25, -0.2) is 0 Å². The van der Waals surface area contributed by atoms with Crippen LogP contribution in [0.2, 0.25) is 0 Å². The van der Waals surface area contributed by atoms with Crippen LogP contribution in [0.4, 0.5) is 0 Å². The average Bonchev–Trinajstić information content (AvgIpc) is 1.25. The van der Waals surface area contributed by atoms with Crippen molar-refractivity contribution in [1.82, 2.24) is 0 Å². The van der Waals surface area contributed by atoms with Gasteiger partial charge in [0, 0.05) is 0 Å². The summed E-state index contributed by atoms with van der Waals surface area (Å²) < 4.78 is 0. The first-order valence-electron chi connectivity index (χ1n) is 1.20. The van der Waals surface area contributed by atoms with Crippen LogP contribution in [0.5, 0.6) is 0 Å². The van der Waals surface area contributed by atoms with Gasteiger partial charge in [0.2, 0.25) is 15.2 Å². The van der Waals surface area contributed by atoms with Gasteiger partial charge in [0.15, 0.2) is 0 Å². The zero-order valence-electron chi connectivity index (χ0n) is 5.08. The molecular weight excluding hydrogens is 238 g/mol. The highest BCUT2D eigenvalue weighted by molar-refractivity contribution is 8.41. The minimum Gasteiger partial charge on any atom is -0.412 e. The lowest BCUT2D eigenvalue weighted by molar-refractivity contribution is 0.505. The second kappa shape index (κ2) is 22.5. The molecule has 0 rings (SSSR count). The van der Waals surface area contributed by atoms with Gasteiger partial charge in [-0.05, 0) is 0 Å². The number of thiol groups is 2. The lowest BCUT2D eigenvalue weighted by Crippen LogP contribution is -1.41. The van der Waals surface area contributed by atoms with Crippen LogP contribution in [0, 0.1) is 0 Å². The average molecular weight is 250 g/mol. The van der Waals surface area contributed by atoms with E-state index in [4.69, 9.17) is 19.6 Å². The van der Waals surface area contributed by atoms with Crippen LogP contribution in [0.1, 0.15) is 0 Å². The van der Waals surface area contributed by atoms with Gasteiger partial charge in [-0.15, -0.1) is 0 Å². The Balaban J connectivity index is -0.0000000171. The summed E-state index contributed by atoms with van der Waals surface area (Å²) >= 11 is 6.28. The van der Waals surface area contributed by atoms with Crippen LogP contribution in [0.15, 0.2) is 0 Å². The first kappa shape index (κ1) is 29.5. The molecule has 0 amide bonds. The molecule has 0 aromatic carbocycles. The maximum absolute atomic E-state index is 7.54. The van der Waals surface area contributed by atoms with Crippen molar-refractivity contribution in [2.24, 2.45) is 0 Å². The van der Waals surface area contributed by atoms with Crippen molar-refractivity contribution in [3.8, 4) is 0 Å². The van der Waals surface area contributed by atoms with Crippen LogP contribution in [0.3, 0.4) is 0 Å². The molecule has 0 saturated carbocycles. The van der Waals surface area contributed by atoms with Gasteiger partial charge in [-0.1, -0.05) is 24.5 Å². The van der Waals surface area contributed by atoms with E-state index in [2.05, 4.69) is 24.5 Å². The monoisotopic (exact) mass is 250 g/mol. The fourth-order valence-corrected chi connectivity index (χ4v) is 0. The molecule has 0 aliphatic carbocycles. The van der Waals surface area contributed by atoms with Crippen LogP contribution in [-0.4, -0.2) is 36.0 Å². The third kappa shape index (κ3) is 593. The molecule has 0 unspecified atom stereocenters. The van der Waals surface area contributed by atoms with Crippen molar-refractivity contribution >= 4 is 39.7 Å². The summed E-state index contributed by atoms with van der Waals surface area (Å²) in [5, 5.41) is 0. The van der Waals surface area contributed by atoms with Gasteiger partial charge in [-0.3, -0.25) is 0 Å². The molecule has 11 heteroatoms. The summed E-state index contributed by atoms with van der Waals surface area (Å²) in [5.74, 6) is 0. The van der Waals surface area contributed by atoms with E-state index in [1.165, 1.54) is 0 Å². The summed E-state index contributed by atoms with van der Waals surface area (Å²) in [7, 11) is -3.85. The fraction of sp³-hybridized carbons (Fsp3) is 0. The van der Waals surface area contributed by atoms with Crippen molar-refractivity contribution in [2.75, 3.05) is 0 Å². The van der Waals surface area contributed by atoms with Gasteiger partial charge in [0.1, 0.15) is 0 Å². The van der Waals surface area contributed by atoms with Gasteiger partial charge in [0.25, 0.3) is 0 Å². The van der Waals surface area contributed by atoms with E-state index in [0.29, 0.717) is 0 Å².